The number of hydrogen-bond donors (Lipinski definition) is 1. The van der Waals surface area contributed by atoms with Crippen molar-refractivity contribution in [3.8, 4) is 17.1 Å². The van der Waals surface area contributed by atoms with E-state index in [0.717, 1.165) is 5.56 Å². The van der Waals surface area contributed by atoms with Gasteiger partial charge in [-0.3, -0.25) is 9.36 Å². The second-order valence-electron chi connectivity index (χ2n) is 4.51. The molecule has 100 valence electrons. The number of halogens is 1. The minimum atomic E-state index is -0.208. The molecular weight excluding hydrogens is 276 g/mol. The molecule has 0 atom stereocenters. The quantitative estimate of drug-likeness (QED) is 0.748. The highest BCUT2D eigenvalue weighted by Gasteiger charge is 2.10. The van der Waals surface area contributed by atoms with Crippen LogP contribution in [0.4, 0.5) is 0 Å². The summed E-state index contributed by atoms with van der Waals surface area (Å²) < 4.78 is 1.45. The van der Waals surface area contributed by atoms with Crippen LogP contribution in [0.25, 0.3) is 22.3 Å². The van der Waals surface area contributed by atoms with Gasteiger partial charge in [-0.15, -0.1) is 0 Å². The Kier molecular flexibility index (Phi) is 2.95. The van der Waals surface area contributed by atoms with Crippen LogP contribution in [0.5, 0.6) is 5.75 Å². The molecule has 4 nitrogen and oxygen atoms in total. The molecular formula is C15H11ClN2O2. The summed E-state index contributed by atoms with van der Waals surface area (Å²) in [7, 11) is 1.65. The highest BCUT2D eigenvalue weighted by Crippen LogP contribution is 2.22. The van der Waals surface area contributed by atoms with Gasteiger partial charge in [0.2, 0.25) is 0 Å². The smallest absolute Gasteiger partial charge is 0.261 e. The first-order valence-electron chi connectivity index (χ1n) is 6.02. The van der Waals surface area contributed by atoms with Crippen molar-refractivity contribution < 1.29 is 5.11 Å². The van der Waals surface area contributed by atoms with Crippen LogP contribution in [-0.4, -0.2) is 14.7 Å². The van der Waals surface area contributed by atoms with Gasteiger partial charge in [-0.2, -0.15) is 0 Å². The average molecular weight is 287 g/mol. The van der Waals surface area contributed by atoms with Crippen LogP contribution in [0.3, 0.4) is 0 Å². The predicted molar refractivity (Wildman–Crippen MR) is 79.1 cm³/mol. The van der Waals surface area contributed by atoms with Crippen molar-refractivity contribution in [1.29, 1.82) is 0 Å². The third-order valence-corrected chi connectivity index (χ3v) is 3.38. The van der Waals surface area contributed by atoms with E-state index in [1.807, 2.05) is 12.1 Å². The van der Waals surface area contributed by atoms with Crippen molar-refractivity contribution in [3.05, 3.63) is 57.8 Å². The zero-order valence-corrected chi connectivity index (χ0v) is 11.4. The van der Waals surface area contributed by atoms with Crippen LogP contribution in [0.15, 0.2) is 47.3 Å². The normalized spacial score (nSPS) is 10.9. The second-order valence-corrected chi connectivity index (χ2v) is 4.95. The van der Waals surface area contributed by atoms with Crippen molar-refractivity contribution in [1.82, 2.24) is 9.55 Å². The Morgan fingerprint density at radius 3 is 2.75 bits per heavy atom. The summed E-state index contributed by atoms with van der Waals surface area (Å²) in [6, 6.07) is 11.7. The van der Waals surface area contributed by atoms with E-state index < -0.39 is 0 Å². The fourth-order valence-electron chi connectivity index (χ4n) is 2.14. The van der Waals surface area contributed by atoms with Crippen molar-refractivity contribution >= 4 is 22.5 Å². The Balaban J connectivity index is 2.35. The van der Waals surface area contributed by atoms with Crippen molar-refractivity contribution in [2.45, 2.75) is 0 Å². The average Bonchev–Trinajstić information content (AvgIpc) is 2.43. The highest BCUT2D eigenvalue weighted by atomic mass is 35.5. The zero-order chi connectivity index (χ0) is 14.3. The van der Waals surface area contributed by atoms with Crippen LogP contribution >= 0.6 is 11.6 Å². The molecule has 20 heavy (non-hydrogen) atoms. The number of rotatable bonds is 1. The summed E-state index contributed by atoms with van der Waals surface area (Å²) in [6.07, 6.45) is 0. The number of benzene rings is 2. The van der Waals surface area contributed by atoms with Gasteiger partial charge >= 0.3 is 0 Å². The molecule has 0 aliphatic rings. The molecule has 0 aliphatic heterocycles. The lowest BCUT2D eigenvalue weighted by molar-refractivity contribution is 0.476. The van der Waals surface area contributed by atoms with Crippen LogP contribution < -0.4 is 5.56 Å². The number of aromatic nitrogens is 2. The molecule has 2 aromatic carbocycles. The van der Waals surface area contributed by atoms with Gasteiger partial charge in [-0.1, -0.05) is 23.7 Å². The van der Waals surface area contributed by atoms with E-state index in [1.165, 1.54) is 16.7 Å². The van der Waals surface area contributed by atoms with Gasteiger partial charge < -0.3 is 5.11 Å². The van der Waals surface area contributed by atoms with Gasteiger partial charge in [0.25, 0.3) is 5.56 Å². The van der Waals surface area contributed by atoms with Gasteiger partial charge in [-0.25, -0.2) is 4.98 Å². The lowest BCUT2D eigenvalue weighted by atomic mass is 10.2. The predicted octanol–water partition coefficient (Wildman–Crippen LogP) is 2.96. The van der Waals surface area contributed by atoms with Gasteiger partial charge in [0.1, 0.15) is 11.6 Å². The molecule has 0 fully saturated rings. The first kappa shape index (κ1) is 12.7. The minimum Gasteiger partial charge on any atom is -0.508 e. The first-order chi connectivity index (χ1) is 9.56. The third-order valence-electron chi connectivity index (χ3n) is 3.14. The number of nitrogens with zero attached hydrogens (tertiary/aromatic N) is 2. The topological polar surface area (TPSA) is 55.1 Å². The Hall–Kier alpha value is -2.33. The summed E-state index contributed by atoms with van der Waals surface area (Å²) in [6.45, 7) is 0. The van der Waals surface area contributed by atoms with Gasteiger partial charge in [-0.05, 0) is 30.3 Å². The minimum absolute atomic E-state index is 0.0481. The maximum Gasteiger partial charge on any atom is 0.261 e. The Morgan fingerprint density at radius 1 is 1.20 bits per heavy atom. The number of phenols is 1. The zero-order valence-electron chi connectivity index (χ0n) is 10.7. The van der Waals surface area contributed by atoms with Crippen LogP contribution in [0.1, 0.15) is 0 Å². The molecule has 5 heteroatoms. The maximum absolute atomic E-state index is 12.3. The van der Waals surface area contributed by atoms with E-state index in [-0.39, 0.29) is 11.3 Å². The van der Waals surface area contributed by atoms with E-state index in [0.29, 0.717) is 21.7 Å². The first-order valence-corrected chi connectivity index (χ1v) is 6.40. The number of fused-ring (bicyclic) bond motifs is 1. The molecule has 3 aromatic rings. The molecule has 1 N–H and O–H groups in total. The van der Waals surface area contributed by atoms with E-state index in [4.69, 9.17) is 11.6 Å². The number of hydrogen-bond acceptors (Lipinski definition) is 3. The van der Waals surface area contributed by atoms with E-state index in [2.05, 4.69) is 4.98 Å². The summed E-state index contributed by atoms with van der Waals surface area (Å²) in [5, 5.41) is 10.4. The molecule has 0 radical (unpaired) electrons. The van der Waals surface area contributed by atoms with Crippen LogP contribution in [0.2, 0.25) is 5.02 Å². The molecule has 0 unspecified atom stereocenters. The summed E-state index contributed by atoms with van der Waals surface area (Å²) in [5.74, 6) is 0.586. The summed E-state index contributed by atoms with van der Waals surface area (Å²) in [5.41, 5.74) is 1.11. The third kappa shape index (κ3) is 2.04. The van der Waals surface area contributed by atoms with Gasteiger partial charge in [0.05, 0.1) is 10.9 Å². The fourth-order valence-corrected chi connectivity index (χ4v) is 2.33. The molecule has 0 saturated heterocycles. The fraction of sp³-hybridized carbons (Fsp3) is 0.0667. The summed E-state index contributed by atoms with van der Waals surface area (Å²) in [4.78, 5) is 16.8. The van der Waals surface area contributed by atoms with Gasteiger partial charge in [0.15, 0.2) is 0 Å². The Labute approximate surface area is 119 Å². The molecule has 0 spiro atoms. The van der Waals surface area contributed by atoms with Gasteiger partial charge in [0, 0.05) is 17.6 Å². The Bertz CT molecular complexity index is 871. The standard InChI is InChI=1S/C15H11ClN2O2/c1-18-14(9-3-2-4-10(16)7-9)17-13-6-5-11(19)8-12(13)15(18)20/h2-8,19H,1H3. The van der Waals surface area contributed by atoms with Crippen molar-refractivity contribution in [2.75, 3.05) is 0 Å². The molecule has 0 aliphatic carbocycles. The van der Waals surface area contributed by atoms with Crippen LogP contribution in [-0.2, 0) is 7.05 Å². The second kappa shape index (κ2) is 4.65. The molecule has 0 bridgehead atoms. The van der Waals surface area contributed by atoms with E-state index >= 15 is 0 Å². The molecule has 0 saturated carbocycles. The van der Waals surface area contributed by atoms with Crippen molar-refractivity contribution in [3.63, 3.8) is 0 Å². The Morgan fingerprint density at radius 2 is 2.00 bits per heavy atom. The summed E-state index contributed by atoms with van der Waals surface area (Å²) >= 11 is 5.98. The monoisotopic (exact) mass is 286 g/mol. The van der Waals surface area contributed by atoms with E-state index in [9.17, 15) is 9.90 Å². The SMILES string of the molecule is Cn1c(-c2cccc(Cl)c2)nc2ccc(O)cc2c1=O. The lowest BCUT2D eigenvalue weighted by Gasteiger charge is -2.09. The van der Waals surface area contributed by atoms with Crippen LogP contribution in [0, 0.1) is 0 Å². The molecule has 0 amide bonds. The molecule has 3 rings (SSSR count). The molecule has 1 heterocycles. The maximum atomic E-state index is 12.3. The molecule has 1 aromatic heterocycles. The highest BCUT2D eigenvalue weighted by molar-refractivity contribution is 6.30. The largest absolute Gasteiger partial charge is 0.508 e. The van der Waals surface area contributed by atoms with Crippen molar-refractivity contribution in [2.24, 2.45) is 7.05 Å². The lowest BCUT2D eigenvalue weighted by Crippen LogP contribution is -2.20. The number of aromatic hydroxyl groups is 1. The number of phenolic OH excluding ortho intramolecular Hbond substituents is 1. The van der Waals surface area contributed by atoms with E-state index in [1.54, 1.807) is 25.2 Å².